The van der Waals surface area contributed by atoms with Crippen molar-refractivity contribution in [1.29, 1.82) is 0 Å². The molecule has 0 saturated carbocycles. The summed E-state index contributed by atoms with van der Waals surface area (Å²) in [7, 11) is 1.39. The van der Waals surface area contributed by atoms with E-state index in [1.165, 1.54) is 25.3 Å². The van der Waals surface area contributed by atoms with E-state index in [9.17, 15) is 9.59 Å². The number of allylic oxidation sites excluding steroid dienone is 1. The van der Waals surface area contributed by atoms with Crippen molar-refractivity contribution in [3.63, 3.8) is 0 Å². The first-order valence-electron chi connectivity index (χ1n) is 4.33. The number of hydrogen-bond acceptors (Lipinski definition) is 3. The molecule has 0 amide bonds. The normalized spacial score (nSPS) is 10.4. The number of carboxylic acid groups (broad SMARTS) is 1. The van der Waals surface area contributed by atoms with Crippen LogP contribution in [0.5, 0.6) is 5.75 Å². The number of methoxy groups -OCH3 is 1. The van der Waals surface area contributed by atoms with Gasteiger partial charge in [0, 0.05) is 0 Å². The summed E-state index contributed by atoms with van der Waals surface area (Å²) < 4.78 is 4.89. The Labute approximate surface area is 97.1 Å². The molecule has 0 fully saturated rings. The van der Waals surface area contributed by atoms with Crippen LogP contribution >= 0.6 is 11.6 Å². The Morgan fingerprint density at radius 3 is 2.62 bits per heavy atom. The Morgan fingerprint density at radius 1 is 1.44 bits per heavy atom. The van der Waals surface area contributed by atoms with E-state index >= 15 is 0 Å². The van der Waals surface area contributed by atoms with Gasteiger partial charge in [0.2, 0.25) is 5.24 Å². The number of benzene rings is 1. The minimum absolute atomic E-state index is 0.0340. The molecule has 5 heteroatoms. The molecule has 1 aromatic carbocycles. The van der Waals surface area contributed by atoms with Gasteiger partial charge in [-0.25, -0.2) is 4.79 Å². The highest BCUT2D eigenvalue weighted by molar-refractivity contribution is 6.66. The fourth-order valence-electron chi connectivity index (χ4n) is 1.16. The largest absolute Gasteiger partial charge is 0.496 e. The number of halogens is 1. The minimum Gasteiger partial charge on any atom is -0.496 e. The number of carbonyl (C=O) groups excluding carboxylic acids is 1. The second-order valence-corrected chi connectivity index (χ2v) is 3.27. The lowest BCUT2D eigenvalue weighted by Gasteiger charge is -2.05. The maximum Gasteiger partial charge on any atom is 0.339 e. The molecule has 0 aromatic heterocycles. The average molecular weight is 241 g/mol. The van der Waals surface area contributed by atoms with Crippen LogP contribution in [0, 0.1) is 0 Å². The molecule has 0 aliphatic carbocycles. The van der Waals surface area contributed by atoms with Crippen molar-refractivity contribution < 1.29 is 19.4 Å². The van der Waals surface area contributed by atoms with Gasteiger partial charge in [0.05, 0.1) is 7.11 Å². The van der Waals surface area contributed by atoms with Gasteiger partial charge in [-0.05, 0) is 35.4 Å². The lowest BCUT2D eigenvalue weighted by Crippen LogP contribution is -2.00. The topological polar surface area (TPSA) is 63.6 Å². The highest BCUT2D eigenvalue weighted by atomic mass is 35.5. The Kier molecular flexibility index (Phi) is 4.08. The molecule has 1 N–H and O–H groups in total. The molecule has 16 heavy (non-hydrogen) atoms. The van der Waals surface area contributed by atoms with E-state index < -0.39 is 11.2 Å². The molecule has 0 saturated heterocycles. The molecule has 84 valence electrons. The summed E-state index contributed by atoms with van der Waals surface area (Å²) in [6, 6.07) is 4.54. The van der Waals surface area contributed by atoms with Crippen LogP contribution in [-0.2, 0) is 4.79 Å². The second kappa shape index (κ2) is 5.32. The van der Waals surface area contributed by atoms with E-state index in [2.05, 4.69) is 0 Å². The summed E-state index contributed by atoms with van der Waals surface area (Å²) in [6.45, 7) is 0. The van der Waals surface area contributed by atoms with Gasteiger partial charge in [-0.15, -0.1) is 0 Å². The molecular weight excluding hydrogens is 232 g/mol. The van der Waals surface area contributed by atoms with Crippen LogP contribution in [0.15, 0.2) is 24.3 Å². The van der Waals surface area contributed by atoms with Crippen molar-refractivity contribution in [2.45, 2.75) is 0 Å². The summed E-state index contributed by atoms with van der Waals surface area (Å²) in [6.07, 6.45) is 2.58. The number of ether oxygens (including phenoxy) is 1. The molecule has 0 unspecified atom stereocenters. The van der Waals surface area contributed by atoms with E-state index in [0.717, 1.165) is 6.08 Å². The molecular formula is C11H9ClO4. The van der Waals surface area contributed by atoms with Crippen LogP contribution in [0.3, 0.4) is 0 Å². The van der Waals surface area contributed by atoms with Gasteiger partial charge >= 0.3 is 5.97 Å². The number of carbonyl (C=O) groups is 2. The average Bonchev–Trinajstić information content (AvgIpc) is 2.25. The molecule has 0 aliphatic rings. The Hall–Kier alpha value is -1.81. The molecule has 0 radical (unpaired) electrons. The zero-order valence-electron chi connectivity index (χ0n) is 8.44. The molecule has 0 heterocycles. The predicted octanol–water partition coefficient (Wildman–Crippen LogP) is 2.17. The van der Waals surface area contributed by atoms with Gasteiger partial charge in [-0.3, -0.25) is 4.79 Å². The van der Waals surface area contributed by atoms with Crippen LogP contribution in [0.1, 0.15) is 15.9 Å². The lowest BCUT2D eigenvalue weighted by molar-refractivity contribution is -0.107. The zero-order chi connectivity index (χ0) is 12.1. The third kappa shape index (κ3) is 3.10. The summed E-state index contributed by atoms with van der Waals surface area (Å²) in [5, 5.41) is 8.28. The lowest BCUT2D eigenvalue weighted by atomic mass is 10.1. The highest BCUT2D eigenvalue weighted by Crippen LogP contribution is 2.20. The molecule has 0 aliphatic heterocycles. The van der Waals surface area contributed by atoms with Gasteiger partial charge in [-0.1, -0.05) is 12.1 Å². The quantitative estimate of drug-likeness (QED) is 0.647. The van der Waals surface area contributed by atoms with E-state index in [-0.39, 0.29) is 11.3 Å². The predicted molar refractivity (Wildman–Crippen MR) is 59.8 cm³/mol. The van der Waals surface area contributed by atoms with Crippen molar-refractivity contribution in [1.82, 2.24) is 0 Å². The maximum absolute atomic E-state index is 10.9. The summed E-state index contributed by atoms with van der Waals surface area (Å²) in [5.41, 5.74) is 0.596. The second-order valence-electron chi connectivity index (χ2n) is 2.90. The Balaban J connectivity index is 3.12. The SMILES string of the molecule is COc1ccc(C=CC(=O)Cl)cc1C(=O)O. The first kappa shape index (κ1) is 12.3. The number of aromatic carboxylic acids is 1. The minimum atomic E-state index is -1.09. The van der Waals surface area contributed by atoms with Crippen molar-refractivity contribution in [2.24, 2.45) is 0 Å². The molecule has 0 bridgehead atoms. The summed E-state index contributed by atoms with van der Waals surface area (Å²) in [5.74, 6) is -0.828. The van der Waals surface area contributed by atoms with Crippen LogP contribution in [0.4, 0.5) is 0 Å². The molecule has 1 aromatic rings. The highest BCUT2D eigenvalue weighted by Gasteiger charge is 2.10. The van der Waals surface area contributed by atoms with Crippen LogP contribution < -0.4 is 4.74 Å². The third-order valence-corrected chi connectivity index (χ3v) is 1.99. The maximum atomic E-state index is 10.9. The molecule has 4 nitrogen and oxygen atoms in total. The fraction of sp³-hybridized carbons (Fsp3) is 0.0909. The van der Waals surface area contributed by atoms with Crippen LogP contribution in [-0.4, -0.2) is 23.4 Å². The van der Waals surface area contributed by atoms with Gasteiger partial charge in [0.1, 0.15) is 11.3 Å². The van der Waals surface area contributed by atoms with Crippen molar-refractivity contribution in [2.75, 3.05) is 7.11 Å². The van der Waals surface area contributed by atoms with E-state index in [4.69, 9.17) is 21.4 Å². The van der Waals surface area contributed by atoms with Crippen LogP contribution in [0.25, 0.3) is 6.08 Å². The number of rotatable bonds is 4. The fourth-order valence-corrected chi connectivity index (χ4v) is 1.22. The van der Waals surface area contributed by atoms with Gasteiger partial charge in [0.25, 0.3) is 0 Å². The van der Waals surface area contributed by atoms with E-state index in [1.54, 1.807) is 6.07 Å². The zero-order valence-corrected chi connectivity index (χ0v) is 9.19. The third-order valence-electron chi connectivity index (χ3n) is 1.86. The Morgan fingerprint density at radius 2 is 2.12 bits per heavy atom. The van der Waals surface area contributed by atoms with Crippen molar-refractivity contribution in [3.8, 4) is 5.75 Å². The smallest absolute Gasteiger partial charge is 0.339 e. The Bertz CT molecular complexity index is 451. The number of carboxylic acids is 1. The molecule has 0 spiro atoms. The monoisotopic (exact) mass is 240 g/mol. The van der Waals surface area contributed by atoms with Crippen molar-refractivity contribution >= 4 is 28.9 Å². The van der Waals surface area contributed by atoms with Crippen LogP contribution in [0.2, 0.25) is 0 Å². The number of hydrogen-bond donors (Lipinski definition) is 1. The first-order valence-corrected chi connectivity index (χ1v) is 4.71. The van der Waals surface area contributed by atoms with Gasteiger partial charge < -0.3 is 9.84 Å². The summed E-state index contributed by atoms with van der Waals surface area (Å²) in [4.78, 5) is 21.4. The van der Waals surface area contributed by atoms with E-state index in [1.807, 2.05) is 0 Å². The van der Waals surface area contributed by atoms with Gasteiger partial charge in [-0.2, -0.15) is 0 Å². The first-order chi connectivity index (χ1) is 7.54. The van der Waals surface area contributed by atoms with Gasteiger partial charge in [0.15, 0.2) is 0 Å². The standard InChI is InChI=1S/C11H9ClO4/c1-16-9-4-2-7(3-5-10(12)13)6-8(9)11(14)15/h2-6H,1H3,(H,14,15). The van der Waals surface area contributed by atoms with E-state index in [0.29, 0.717) is 5.56 Å². The van der Waals surface area contributed by atoms with Crippen molar-refractivity contribution in [3.05, 3.63) is 35.4 Å². The molecule has 1 rings (SSSR count). The summed E-state index contributed by atoms with van der Waals surface area (Å²) >= 11 is 5.12. The molecule has 0 atom stereocenters.